The summed E-state index contributed by atoms with van der Waals surface area (Å²) < 4.78 is 11.3. The van der Waals surface area contributed by atoms with Crippen molar-refractivity contribution < 1.29 is 19.1 Å². The molecule has 0 spiro atoms. The Kier molecular flexibility index (Phi) is 5.40. The summed E-state index contributed by atoms with van der Waals surface area (Å²) in [5, 5.41) is 0. The first kappa shape index (κ1) is 21.5. The van der Waals surface area contributed by atoms with Gasteiger partial charge in [-0.2, -0.15) is 0 Å². The van der Waals surface area contributed by atoms with Gasteiger partial charge in [0.25, 0.3) is 0 Å². The summed E-state index contributed by atoms with van der Waals surface area (Å²) in [5.74, 6) is -0.483. The van der Waals surface area contributed by atoms with Gasteiger partial charge in [0.2, 0.25) is 0 Å². The molecule has 0 aliphatic heterocycles. The summed E-state index contributed by atoms with van der Waals surface area (Å²) >= 11 is 0. The normalized spacial score (nSPS) is 26.0. The maximum atomic E-state index is 13.2. The molecular formula is C26H31NO4. The van der Waals surface area contributed by atoms with Crippen molar-refractivity contribution in [2.24, 2.45) is 16.7 Å². The zero-order valence-electron chi connectivity index (χ0n) is 19.0. The lowest BCUT2D eigenvalue weighted by Crippen LogP contribution is -2.28. The molecule has 164 valence electrons. The van der Waals surface area contributed by atoms with Crippen molar-refractivity contribution in [3.05, 3.63) is 53.3 Å². The second kappa shape index (κ2) is 7.77. The van der Waals surface area contributed by atoms with Crippen molar-refractivity contribution in [3.8, 4) is 11.1 Å². The SMILES string of the molecule is CCOC(=O)c1nc(C)c(C(=O)O[C@@H]2C[C@]3(C)CCC2C3(C)C)cc1-c1ccccc1. The van der Waals surface area contributed by atoms with Crippen LogP contribution in [0.25, 0.3) is 11.1 Å². The second-order valence-corrected chi connectivity index (χ2v) is 9.68. The molecule has 2 aliphatic rings. The Labute approximate surface area is 184 Å². The van der Waals surface area contributed by atoms with Crippen LogP contribution in [0, 0.1) is 23.7 Å². The van der Waals surface area contributed by atoms with Gasteiger partial charge in [-0.15, -0.1) is 0 Å². The molecule has 1 unspecified atom stereocenters. The van der Waals surface area contributed by atoms with Crippen LogP contribution in [0.5, 0.6) is 0 Å². The minimum Gasteiger partial charge on any atom is -0.461 e. The highest BCUT2D eigenvalue weighted by Crippen LogP contribution is 2.66. The van der Waals surface area contributed by atoms with Crippen molar-refractivity contribution in [2.75, 3.05) is 6.61 Å². The Morgan fingerprint density at radius 3 is 2.42 bits per heavy atom. The van der Waals surface area contributed by atoms with Gasteiger partial charge in [0, 0.05) is 11.5 Å². The highest BCUT2D eigenvalue weighted by Gasteiger charge is 2.61. The number of benzene rings is 1. The van der Waals surface area contributed by atoms with Crippen LogP contribution < -0.4 is 0 Å². The van der Waals surface area contributed by atoms with Gasteiger partial charge in [-0.1, -0.05) is 51.1 Å². The van der Waals surface area contributed by atoms with Crippen LogP contribution in [-0.2, 0) is 9.47 Å². The third-order valence-electron chi connectivity index (χ3n) is 7.84. The van der Waals surface area contributed by atoms with E-state index in [0.29, 0.717) is 22.7 Å². The molecule has 1 aromatic carbocycles. The number of rotatable bonds is 5. The second-order valence-electron chi connectivity index (χ2n) is 9.68. The van der Waals surface area contributed by atoms with Crippen LogP contribution in [-0.4, -0.2) is 29.6 Å². The minimum atomic E-state index is -0.493. The summed E-state index contributed by atoms with van der Waals surface area (Å²) in [6.07, 6.45) is 3.10. The zero-order valence-corrected chi connectivity index (χ0v) is 19.0. The van der Waals surface area contributed by atoms with Crippen molar-refractivity contribution >= 4 is 11.9 Å². The van der Waals surface area contributed by atoms with Crippen LogP contribution in [0.4, 0.5) is 0 Å². The van der Waals surface area contributed by atoms with Gasteiger partial charge >= 0.3 is 11.9 Å². The standard InChI is InChI=1S/C26H31NO4/c1-6-30-24(29)22-19(17-10-8-7-9-11-17)14-18(16(2)27-22)23(28)31-21-15-26(5)13-12-20(21)25(26,3)4/h7-11,14,20-21H,6,12-13,15H2,1-5H3/t20?,21-,26+/m1/s1. The number of fused-ring (bicyclic) bond motifs is 2. The van der Waals surface area contributed by atoms with Crippen molar-refractivity contribution in [1.82, 2.24) is 4.98 Å². The number of hydrogen-bond acceptors (Lipinski definition) is 5. The van der Waals surface area contributed by atoms with E-state index in [1.807, 2.05) is 30.3 Å². The Bertz CT molecular complexity index is 1010. The number of nitrogens with zero attached hydrogens (tertiary/aromatic N) is 1. The fraction of sp³-hybridized carbons (Fsp3) is 0.500. The van der Waals surface area contributed by atoms with Gasteiger partial charge in [0.1, 0.15) is 6.10 Å². The third kappa shape index (κ3) is 3.54. The van der Waals surface area contributed by atoms with Crippen LogP contribution in [0.2, 0.25) is 0 Å². The summed E-state index contributed by atoms with van der Waals surface area (Å²) in [7, 11) is 0. The molecule has 0 radical (unpaired) electrons. The van der Waals surface area contributed by atoms with E-state index in [-0.39, 0.29) is 35.2 Å². The molecule has 5 nitrogen and oxygen atoms in total. The smallest absolute Gasteiger partial charge is 0.357 e. The van der Waals surface area contributed by atoms with Crippen molar-refractivity contribution in [3.63, 3.8) is 0 Å². The molecule has 1 aromatic heterocycles. The molecule has 4 rings (SSSR count). The first-order valence-corrected chi connectivity index (χ1v) is 11.1. The summed E-state index contributed by atoms with van der Waals surface area (Å²) in [4.78, 5) is 30.2. The van der Waals surface area contributed by atoms with Gasteiger partial charge in [-0.25, -0.2) is 14.6 Å². The largest absolute Gasteiger partial charge is 0.461 e. The number of aryl methyl sites for hydroxylation is 1. The Balaban J connectivity index is 1.67. The summed E-state index contributed by atoms with van der Waals surface area (Å²) in [6, 6.07) is 11.2. The lowest BCUT2D eigenvalue weighted by atomic mass is 9.71. The number of pyridine rings is 1. The number of ether oxygens (including phenoxy) is 2. The van der Waals surface area contributed by atoms with Crippen molar-refractivity contribution in [2.45, 2.75) is 60.0 Å². The van der Waals surface area contributed by atoms with Crippen LogP contribution in [0.15, 0.2) is 36.4 Å². The minimum absolute atomic E-state index is 0.0782. The third-order valence-corrected chi connectivity index (χ3v) is 7.84. The van der Waals surface area contributed by atoms with E-state index >= 15 is 0 Å². The summed E-state index contributed by atoms with van der Waals surface area (Å²) in [5.41, 5.74) is 2.85. The predicted octanol–water partition coefficient (Wildman–Crippen LogP) is 5.61. The van der Waals surface area contributed by atoms with Crippen LogP contribution in [0.3, 0.4) is 0 Å². The van der Waals surface area contributed by atoms with Gasteiger partial charge in [-0.05, 0) is 55.6 Å². The molecular weight excluding hydrogens is 390 g/mol. The topological polar surface area (TPSA) is 65.5 Å². The molecule has 3 atom stereocenters. The Morgan fingerprint density at radius 2 is 1.84 bits per heavy atom. The Morgan fingerprint density at radius 1 is 1.13 bits per heavy atom. The molecule has 2 fully saturated rings. The first-order chi connectivity index (χ1) is 14.7. The van der Waals surface area contributed by atoms with E-state index in [9.17, 15) is 9.59 Å². The quantitative estimate of drug-likeness (QED) is 0.588. The highest BCUT2D eigenvalue weighted by molar-refractivity contribution is 5.99. The highest BCUT2D eigenvalue weighted by atomic mass is 16.5. The van der Waals surface area contributed by atoms with Crippen LogP contribution in [0.1, 0.15) is 73.5 Å². The molecule has 2 aliphatic carbocycles. The average molecular weight is 422 g/mol. The fourth-order valence-corrected chi connectivity index (χ4v) is 5.54. The van der Waals surface area contributed by atoms with E-state index in [0.717, 1.165) is 18.4 Å². The molecule has 2 aromatic rings. The average Bonchev–Trinajstić information content (AvgIpc) is 3.07. The number of aromatic nitrogens is 1. The molecule has 2 bridgehead atoms. The van der Waals surface area contributed by atoms with E-state index in [1.54, 1.807) is 19.9 Å². The number of carbonyl (C=O) groups excluding carboxylic acids is 2. The lowest BCUT2D eigenvalue weighted by Gasteiger charge is -2.33. The fourth-order valence-electron chi connectivity index (χ4n) is 5.54. The van der Waals surface area contributed by atoms with Gasteiger partial charge < -0.3 is 9.47 Å². The number of esters is 2. The first-order valence-electron chi connectivity index (χ1n) is 11.1. The van der Waals surface area contributed by atoms with Crippen LogP contribution >= 0.6 is 0 Å². The maximum Gasteiger partial charge on any atom is 0.357 e. The van der Waals surface area contributed by atoms with E-state index in [4.69, 9.17) is 9.47 Å². The predicted molar refractivity (Wildman–Crippen MR) is 119 cm³/mol. The van der Waals surface area contributed by atoms with Gasteiger partial charge in [0.05, 0.1) is 17.9 Å². The van der Waals surface area contributed by atoms with E-state index in [1.165, 1.54) is 6.42 Å². The number of hydrogen-bond donors (Lipinski definition) is 0. The molecule has 2 saturated carbocycles. The monoisotopic (exact) mass is 421 g/mol. The van der Waals surface area contributed by atoms with E-state index < -0.39 is 5.97 Å². The molecule has 0 saturated heterocycles. The molecule has 31 heavy (non-hydrogen) atoms. The summed E-state index contributed by atoms with van der Waals surface area (Å²) in [6.45, 7) is 10.7. The molecule has 1 heterocycles. The van der Waals surface area contributed by atoms with Gasteiger partial charge in [0.15, 0.2) is 5.69 Å². The number of carbonyl (C=O) groups is 2. The van der Waals surface area contributed by atoms with Gasteiger partial charge in [-0.3, -0.25) is 0 Å². The zero-order chi connectivity index (χ0) is 22.4. The molecule has 0 N–H and O–H groups in total. The van der Waals surface area contributed by atoms with E-state index in [2.05, 4.69) is 25.8 Å². The molecule has 5 heteroatoms. The maximum absolute atomic E-state index is 13.2. The Hall–Kier alpha value is -2.69. The van der Waals surface area contributed by atoms with Crippen molar-refractivity contribution in [1.29, 1.82) is 0 Å². The molecule has 0 amide bonds. The lowest BCUT2D eigenvalue weighted by molar-refractivity contribution is 0.0101.